The number of aryl methyl sites for hydroxylation is 2. The van der Waals surface area contributed by atoms with Gasteiger partial charge in [-0.2, -0.15) is 10.2 Å². The topological polar surface area (TPSA) is 104 Å². The third-order valence-electron chi connectivity index (χ3n) is 3.66. The second-order valence-corrected chi connectivity index (χ2v) is 5.49. The van der Waals surface area contributed by atoms with E-state index in [2.05, 4.69) is 20.5 Å². The number of nitrogens with one attached hydrogen (secondary N) is 1. The maximum absolute atomic E-state index is 12.2. The minimum atomic E-state index is -0.121. The summed E-state index contributed by atoms with van der Waals surface area (Å²) in [6.45, 7) is 1.96. The van der Waals surface area contributed by atoms with Gasteiger partial charge in [-0.15, -0.1) is 0 Å². The van der Waals surface area contributed by atoms with Crippen molar-refractivity contribution in [2.45, 2.75) is 32.4 Å². The van der Waals surface area contributed by atoms with E-state index in [0.29, 0.717) is 11.7 Å². The molecule has 0 unspecified atom stereocenters. The number of amides is 1. The van der Waals surface area contributed by atoms with Crippen molar-refractivity contribution in [3.05, 3.63) is 23.9 Å². The zero-order valence-electron chi connectivity index (χ0n) is 12.2. The molecule has 2 aromatic heterocycles. The molecular formula is C13H19N7O. The molecule has 1 fully saturated rings. The monoisotopic (exact) mass is 289 g/mol. The van der Waals surface area contributed by atoms with Crippen LogP contribution in [0.15, 0.2) is 12.4 Å². The zero-order valence-corrected chi connectivity index (χ0v) is 12.2. The van der Waals surface area contributed by atoms with Crippen molar-refractivity contribution in [3.8, 4) is 0 Å². The summed E-state index contributed by atoms with van der Waals surface area (Å²) in [6, 6.07) is 1.65. The number of carbonyl (C=O) groups is 1. The van der Waals surface area contributed by atoms with Crippen LogP contribution in [0.2, 0.25) is 0 Å². The van der Waals surface area contributed by atoms with Crippen LogP contribution in [-0.2, 0) is 18.4 Å². The highest BCUT2D eigenvalue weighted by Crippen LogP contribution is 2.40. The third kappa shape index (κ3) is 2.88. The largest absolute Gasteiger partial charge is 0.384 e. The van der Waals surface area contributed by atoms with Gasteiger partial charge in [0.15, 0.2) is 0 Å². The number of carbonyl (C=O) groups excluding carboxylic acids is 1. The Bertz CT molecular complexity index is 655. The molecule has 3 N–H and O–H groups in total. The van der Waals surface area contributed by atoms with E-state index < -0.39 is 0 Å². The lowest BCUT2D eigenvalue weighted by atomic mass is 10.1. The van der Waals surface area contributed by atoms with Crippen LogP contribution in [0, 0.1) is 12.8 Å². The predicted octanol–water partition coefficient (Wildman–Crippen LogP) is 0.170. The van der Waals surface area contributed by atoms with E-state index in [0.717, 1.165) is 24.4 Å². The predicted molar refractivity (Wildman–Crippen MR) is 76.0 cm³/mol. The van der Waals surface area contributed by atoms with Gasteiger partial charge in [0.25, 0.3) is 0 Å². The van der Waals surface area contributed by atoms with Crippen molar-refractivity contribution in [3.63, 3.8) is 0 Å². The van der Waals surface area contributed by atoms with Crippen LogP contribution >= 0.6 is 0 Å². The van der Waals surface area contributed by atoms with Gasteiger partial charge < -0.3 is 11.1 Å². The summed E-state index contributed by atoms with van der Waals surface area (Å²) in [6.07, 6.45) is 3.70. The van der Waals surface area contributed by atoms with Gasteiger partial charge in [-0.3, -0.25) is 9.48 Å². The molecule has 0 saturated heterocycles. The van der Waals surface area contributed by atoms with E-state index >= 15 is 0 Å². The van der Waals surface area contributed by atoms with Crippen LogP contribution in [0.5, 0.6) is 0 Å². The van der Waals surface area contributed by atoms with E-state index in [-0.39, 0.29) is 18.5 Å². The number of anilines is 1. The molecule has 0 aromatic carbocycles. The summed E-state index contributed by atoms with van der Waals surface area (Å²) in [5.74, 6) is 1.60. The Kier molecular flexibility index (Phi) is 3.36. The smallest absolute Gasteiger partial charge is 0.242 e. The molecule has 1 saturated carbocycles. The number of aromatic nitrogens is 5. The molecular weight excluding hydrogens is 270 g/mol. The molecule has 0 aliphatic heterocycles. The molecule has 1 atom stereocenters. The number of nitrogens with two attached hydrogens (primary N) is 1. The second-order valence-electron chi connectivity index (χ2n) is 5.49. The van der Waals surface area contributed by atoms with Crippen molar-refractivity contribution in [2.24, 2.45) is 13.0 Å². The fraction of sp³-hybridized carbons (Fsp3) is 0.538. The van der Waals surface area contributed by atoms with Crippen molar-refractivity contribution in [1.29, 1.82) is 0 Å². The van der Waals surface area contributed by atoms with Crippen LogP contribution in [-0.4, -0.2) is 30.5 Å². The van der Waals surface area contributed by atoms with Crippen LogP contribution in [0.25, 0.3) is 0 Å². The van der Waals surface area contributed by atoms with Crippen LogP contribution in [0.1, 0.15) is 30.4 Å². The molecule has 8 heteroatoms. The molecule has 112 valence electrons. The average Bonchev–Trinajstić information content (AvgIpc) is 3.10. The quantitative estimate of drug-likeness (QED) is 0.816. The molecule has 3 rings (SSSR count). The SMILES string of the molecule is Cc1cc(N)n(CC(=O)N[C@@H](c2ncnn2C)C2CC2)n1. The minimum absolute atomic E-state index is 0.0946. The third-order valence-corrected chi connectivity index (χ3v) is 3.66. The minimum Gasteiger partial charge on any atom is -0.384 e. The molecule has 1 aliphatic rings. The highest BCUT2D eigenvalue weighted by molar-refractivity contribution is 5.76. The number of nitrogens with zero attached hydrogens (tertiary/aromatic N) is 5. The van der Waals surface area contributed by atoms with Crippen molar-refractivity contribution in [2.75, 3.05) is 5.73 Å². The Balaban J connectivity index is 1.70. The maximum Gasteiger partial charge on any atom is 0.242 e. The lowest BCUT2D eigenvalue weighted by molar-refractivity contribution is -0.122. The summed E-state index contributed by atoms with van der Waals surface area (Å²) < 4.78 is 3.21. The van der Waals surface area contributed by atoms with Crippen molar-refractivity contribution in [1.82, 2.24) is 29.9 Å². The lowest BCUT2D eigenvalue weighted by Crippen LogP contribution is -2.34. The molecule has 1 aliphatic carbocycles. The van der Waals surface area contributed by atoms with Gasteiger partial charge in [0.1, 0.15) is 24.5 Å². The maximum atomic E-state index is 12.2. The molecule has 1 amide bonds. The first-order chi connectivity index (χ1) is 10.0. The first kappa shape index (κ1) is 13.6. The number of nitrogen functional groups attached to an aromatic ring is 1. The summed E-state index contributed by atoms with van der Waals surface area (Å²) in [4.78, 5) is 16.5. The Morgan fingerprint density at radius 3 is 2.86 bits per heavy atom. The Labute approximate surface area is 122 Å². The van der Waals surface area contributed by atoms with Crippen molar-refractivity contribution >= 4 is 11.7 Å². The van der Waals surface area contributed by atoms with Gasteiger partial charge in [-0.25, -0.2) is 9.67 Å². The average molecular weight is 289 g/mol. The molecule has 0 spiro atoms. The normalized spacial score (nSPS) is 15.9. The van der Waals surface area contributed by atoms with E-state index in [1.54, 1.807) is 10.7 Å². The fourth-order valence-corrected chi connectivity index (χ4v) is 2.46. The van der Waals surface area contributed by atoms with E-state index in [4.69, 9.17) is 5.73 Å². The Morgan fingerprint density at radius 1 is 1.57 bits per heavy atom. The zero-order chi connectivity index (χ0) is 15.0. The van der Waals surface area contributed by atoms with Gasteiger partial charge in [0, 0.05) is 13.1 Å². The van der Waals surface area contributed by atoms with Crippen LogP contribution in [0.3, 0.4) is 0 Å². The van der Waals surface area contributed by atoms with Crippen LogP contribution < -0.4 is 11.1 Å². The summed E-state index contributed by atoms with van der Waals surface area (Å²) in [5.41, 5.74) is 6.60. The molecule has 8 nitrogen and oxygen atoms in total. The van der Waals surface area contributed by atoms with Gasteiger partial charge in [0.2, 0.25) is 5.91 Å². The van der Waals surface area contributed by atoms with E-state index in [9.17, 15) is 4.79 Å². The summed E-state index contributed by atoms with van der Waals surface area (Å²) in [7, 11) is 1.83. The van der Waals surface area contributed by atoms with Gasteiger partial charge >= 0.3 is 0 Å². The lowest BCUT2D eigenvalue weighted by Gasteiger charge is -2.17. The second kappa shape index (κ2) is 5.19. The molecule has 2 heterocycles. The Hall–Kier alpha value is -2.38. The first-order valence-corrected chi connectivity index (χ1v) is 6.98. The molecule has 0 bridgehead atoms. The highest BCUT2D eigenvalue weighted by atomic mass is 16.2. The molecule has 21 heavy (non-hydrogen) atoms. The van der Waals surface area contributed by atoms with Crippen LogP contribution in [0.4, 0.5) is 5.82 Å². The summed E-state index contributed by atoms with van der Waals surface area (Å²) >= 11 is 0. The number of hydrogen-bond acceptors (Lipinski definition) is 5. The van der Waals surface area contributed by atoms with Gasteiger partial charge in [-0.05, 0) is 25.7 Å². The molecule has 0 radical (unpaired) electrons. The number of hydrogen-bond donors (Lipinski definition) is 2. The first-order valence-electron chi connectivity index (χ1n) is 6.98. The fourth-order valence-electron chi connectivity index (χ4n) is 2.46. The van der Waals surface area contributed by atoms with Gasteiger partial charge in [-0.1, -0.05) is 0 Å². The highest BCUT2D eigenvalue weighted by Gasteiger charge is 2.36. The van der Waals surface area contributed by atoms with Crippen molar-refractivity contribution < 1.29 is 4.79 Å². The van der Waals surface area contributed by atoms with E-state index in [1.807, 2.05) is 14.0 Å². The summed E-state index contributed by atoms with van der Waals surface area (Å²) in [5, 5.41) is 11.3. The van der Waals surface area contributed by atoms with Gasteiger partial charge in [0.05, 0.1) is 11.7 Å². The molecule has 2 aromatic rings. The Morgan fingerprint density at radius 2 is 2.33 bits per heavy atom. The standard InChI is InChI=1S/C13H19N7O/c1-8-5-10(14)20(18-8)6-11(21)17-12(9-3-4-9)13-15-7-16-19(13)2/h5,7,9,12H,3-4,6,14H2,1-2H3,(H,17,21)/t12-/m1/s1. The van der Waals surface area contributed by atoms with E-state index in [1.165, 1.54) is 11.0 Å². The number of rotatable bonds is 5.